The molecule has 2 aromatic rings. The van der Waals surface area contributed by atoms with E-state index in [2.05, 4.69) is 11.4 Å². The first-order valence-electron chi connectivity index (χ1n) is 9.12. The summed E-state index contributed by atoms with van der Waals surface area (Å²) in [5.74, 6) is 0.353. The summed E-state index contributed by atoms with van der Waals surface area (Å²) in [5.41, 5.74) is 0.511. The van der Waals surface area contributed by atoms with E-state index in [1.807, 2.05) is 16.3 Å². The third kappa shape index (κ3) is 5.04. The maximum absolute atomic E-state index is 12.8. The number of hydrogen-bond donors (Lipinski definition) is 1. The summed E-state index contributed by atoms with van der Waals surface area (Å²) in [4.78, 5) is 30.0. The number of methoxy groups -OCH3 is 1. The molecule has 150 valence electrons. The number of carbonyl (C=O) groups is 2. The number of amides is 2. The number of nitrogens with one attached hydrogen (secondary N) is 1. The number of halogens is 1. The lowest BCUT2D eigenvalue weighted by molar-refractivity contribution is -0.133. The summed E-state index contributed by atoms with van der Waals surface area (Å²) < 4.78 is 5.24. The number of ether oxygens (including phenoxy) is 1. The SMILES string of the molecule is COc1ccc(Cl)cc1NC(=O)CN(C)CC(=O)N1CCCC1c1cccs1. The summed E-state index contributed by atoms with van der Waals surface area (Å²) in [6.45, 7) is 1.06. The lowest BCUT2D eigenvalue weighted by atomic mass is 10.2. The number of hydrogen-bond acceptors (Lipinski definition) is 5. The zero-order valence-electron chi connectivity index (χ0n) is 16.0. The highest BCUT2D eigenvalue weighted by atomic mass is 35.5. The smallest absolute Gasteiger partial charge is 0.238 e. The van der Waals surface area contributed by atoms with Crippen molar-refractivity contribution in [1.29, 1.82) is 0 Å². The zero-order valence-corrected chi connectivity index (χ0v) is 17.6. The van der Waals surface area contributed by atoms with E-state index in [1.54, 1.807) is 41.5 Å². The summed E-state index contributed by atoms with van der Waals surface area (Å²) in [6, 6.07) is 9.28. The fourth-order valence-electron chi connectivity index (χ4n) is 3.43. The number of nitrogens with zero attached hydrogens (tertiary/aromatic N) is 2. The highest BCUT2D eigenvalue weighted by molar-refractivity contribution is 7.10. The molecular weight excluding hydrogens is 398 g/mol. The molecule has 1 aliphatic rings. The van der Waals surface area contributed by atoms with E-state index in [-0.39, 0.29) is 30.9 Å². The Hall–Kier alpha value is -2.09. The molecule has 1 saturated heterocycles. The van der Waals surface area contributed by atoms with Crippen LogP contribution in [0.5, 0.6) is 5.75 Å². The molecule has 1 N–H and O–H groups in total. The van der Waals surface area contributed by atoms with Crippen molar-refractivity contribution in [2.45, 2.75) is 18.9 Å². The highest BCUT2D eigenvalue weighted by Gasteiger charge is 2.31. The van der Waals surface area contributed by atoms with E-state index in [0.717, 1.165) is 19.4 Å². The van der Waals surface area contributed by atoms with Crippen LogP contribution in [0.3, 0.4) is 0 Å². The van der Waals surface area contributed by atoms with Gasteiger partial charge < -0.3 is 15.0 Å². The largest absolute Gasteiger partial charge is 0.495 e. The normalized spacial score (nSPS) is 16.4. The fraction of sp³-hybridized carbons (Fsp3) is 0.400. The Balaban J connectivity index is 1.55. The second kappa shape index (κ2) is 9.41. The summed E-state index contributed by atoms with van der Waals surface area (Å²) in [7, 11) is 3.30. The molecule has 1 atom stereocenters. The molecule has 8 heteroatoms. The van der Waals surface area contributed by atoms with Gasteiger partial charge in [0.05, 0.1) is 31.9 Å². The Morgan fingerprint density at radius 3 is 2.89 bits per heavy atom. The van der Waals surface area contributed by atoms with Crippen molar-refractivity contribution >= 4 is 40.4 Å². The van der Waals surface area contributed by atoms with Gasteiger partial charge in [0.15, 0.2) is 0 Å². The fourth-order valence-corrected chi connectivity index (χ4v) is 4.48. The van der Waals surface area contributed by atoms with Crippen molar-refractivity contribution in [3.8, 4) is 5.75 Å². The van der Waals surface area contributed by atoms with Crippen LogP contribution in [0.25, 0.3) is 0 Å². The number of anilines is 1. The number of carbonyl (C=O) groups excluding carboxylic acids is 2. The molecular formula is C20H24ClN3O3S. The molecule has 0 saturated carbocycles. The summed E-state index contributed by atoms with van der Waals surface area (Å²) in [5, 5.41) is 5.34. The van der Waals surface area contributed by atoms with Gasteiger partial charge in [-0.2, -0.15) is 0 Å². The van der Waals surface area contributed by atoms with Gasteiger partial charge in [0, 0.05) is 16.4 Å². The van der Waals surface area contributed by atoms with Crippen molar-refractivity contribution in [3.05, 3.63) is 45.6 Å². The molecule has 3 rings (SSSR count). The summed E-state index contributed by atoms with van der Waals surface area (Å²) in [6.07, 6.45) is 2.00. The summed E-state index contributed by atoms with van der Waals surface area (Å²) >= 11 is 7.68. The molecule has 0 bridgehead atoms. The van der Waals surface area contributed by atoms with Gasteiger partial charge in [-0.05, 0) is 49.5 Å². The molecule has 0 aliphatic carbocycles. The Morgan fingerprint density at radius 2 is 2.18 bits per heavy atom. The number of rotatable bonds is 7. The van der Waals surface area contributed by atoms with Crippen LogP contribution in [0.1, 0.15) is 23.8 Å². The van der Waals surface area contributed by atoms with Gasteiger partial charge in [0.2, 0.25) is 11.8 Å². The molecule has 1 aromatic heterocycles. The topological polar surface area (TPSA) is 61.9 Å². The zero-order chi connectivity index (χ0) is 20.1. The third-order valence-electron chi connectivity index (χ3n) is 4.70. The molecule has 28 heavy (non-hydrogen) atoms. The molecule has 2 heterocycles. The van der Waals surface area contributed by atoms with Crippen LogP contribution in [-0.4, -0.2) is 55.4 Å². The molecule has 1 fully saturated rings. The van der Waals surface area contributed by atoms with E-state index >= 15 is 0 Å². The van der Waals surface area contributed by atoms with Crippen molar-refractivity contribution in [3.63, 3.8) is 0 Å². The van der Waals surface area contributed by atoms with Gasteiger partial charge in [-0.25, -0.2) is 0 Å². The number of likely N-dealkylation sites (tertiary alicyclic amines) is 1. The monoisotopic (exact) mass is 421 g/mol. The van der Waals surface area contributed by atoms with Crippen molar-refractivity contribution in [1.82, 2.24) is 9.80 Å². The minimum absolute atomic E-state index is 0.0477. The minimum Gasteiger partial charge on any atom is -0.495 e. The maximum Gasteiger partial charge on any atom is 0.238 e. The van der Waals surface area contributed by atoms with Crippen LogP contribution in [0, 0.1) is 0 Å². The van der Waals surface area contributed by atoms with Crippen molar-refractivity contribution in [2.75, 3.05) is 39.1 Å². The van der Waals surface area contributed by atoms with E-state index in [4.69, 9.17) is 16.3 Å². The lowest BCUT2D eigenvalue weighted by Crippen LogP contribution is -2.41. The van der Waals surface area contributed by atoms with Gasteiger partial charge in [-0.3, -0.25) is 14.5 Å². The van der Waals surface area contributed by atoms with Gasteiger partial charge in [0.1, 0.15) is 5.75 Å². The van der Waals surface area contributed by atoms with Gasteiger partial charge in [0.25, 0.3) is 0 Å². The first-order chi connectivity index (χ1) is 13.5. The molecule has 2 amide bonds. The quantitative estimate of drug-likeness (QED) is 0.741. The average molecular weight is 422 g/mol. The van der Waals surface area contributed by atoms with Crippen LogP contribution in [0.4, 0.5) is 5.69 Å². The average Bonchev–Trinajstić information content (AvgIpc) is 3.33. The van der Waals surface area contributed by atoms with Crippen LogP contribution >= 0.6 is 22.9 Å². The molecule has 1 aromatic carbocycles. The highest BCUT2D eigenvalue weighted by Crippen LogP contribution is 2.34. The predicted octanol–water partition coefficient (Wildman–Crippen LogP) is 3.64. The second-order valence-electron chi connectivity index (χ2n) is 6.83. The number of thiophene rings is 1. The Morgan fingerprint density at radius 1 is 1.36 bits per heavy atom. The molecule has 1 aliphatic heterocycles. The predicted molar refractivity (Wildman–Crippen MR) is 112 cm³/mol. The molecule has 0 spiro atoms. The second-order valence-corrected chi connectivity index (χ2v) is 8.24. The number of likely N-dealkylation sites (N-methyl/N-ethyl adjacent to an activating group) is 1. The van der Waals surface area contributed by atoms with Gasteiger partial charge >= 0.3 is 0 Å². The molecule has 6 nitrogen and oxygen atoms in total. The first-order valence-corrected chi connectivity index (χ1v) is 10.4. The van der Waals surface area contributed by atoms with E-state index < -0.39 is 0 Å². The number of benzene rings is 1. The lowest BCUT2D eigenvalue weighted by Gasteiger charge is -2.26. The van der Waals surface area contributed by atoms with Crippen molar-refractivity contribution in [2.24, 2.45) is 0 Å². The third-order valence-corrected chi connectivity index (χ3v) is 5.91. The maximum atomic E-state index is 12.8. The minimum atomic E-state index is -0.230. The molecule has 1 unspecified atom stereocenters. The van der Waals surface area contributed by atoms with Crippen LogP contribution in [-0.2, 0) is 9.59 Å². The van der Waals surface area contributed by atoms with Gasteiger partial charge in [-0.15, -0.1) is 11.3 Å². The van der Waals surface area contributed by atoms with E-state index in [0.29, 0.717) is 16.5 Å². The van der Waals surface area contributed by atoms with E-state index in [9.17, 15) is 9.59 Å². The molecule has 0 radical (unpaired) electrons. The van der Waals surface area contributed by atoms with Crippen LogP contribution in [0.2, 0.25) is 5.02 Å². The van der Waals surface area contributed by atoms with Crippen molar-refractivity contribution < 1.29 is 14.3 Å². The van der Waals surface area contributed by atoms with Crippen LogP contribution < -0.4 is 10.1 Å². The Labute approximate surface area is 174 Å². The Kier molecular flexibility index (Phi) is 6.93. The standard InChI is InChI=1S/C20H24ClN3O3S/c1-23(12-19(25)22-15-11-14(21)7-8-17(15)27-2)13-20(26)24-9-3-5-16(24)18-6-4-10-28-18/h4,6-8,10-11,16H,3,5,9,12-13H2,1-2H3,(H,22,25). The first kappa shape index (κ1) is 20.6. The van der Waals surface area contributed by atoms with Gasteiger partial charge in [-0.1, -0.05) is 17.7 Å². The van der Waals surface area contributed by atoms with E-state index in [1.165, 1.54) is 12.0 Å². The Bertz CT molecular complexity index is 828. The van der Waals surface area contributed by atoms with Crippen LogP contribution in [0.15, 0.2) is 35.7 Å².